The summed E-state index contributed by atoms with van der Waals surface area (Å²) >= 11 is 0. The topological polar surface area (TPSA) is 83.1 Å². The number of rotatable bonds is 7. The molecule has 2 aromatic carbocycles. The van der Waals surface area contributed by atoms with Crippen molar-refractivity contribution in [1.82, 2.24) is 5.32 Å². The number of hydrogen-bond donors (Lipinski definition) is 1. The molecule has 3 aliphatic rings. The van der Waals surface area contributed by atoms with Crippen LogP contribution >= 0.6 is 0 Å². The number of nitrogens with one attached hydrogen (secondary N) is 1. The zero-order valence-corrected chi connectivity index (χ0v) is 21.8. The van der Waals surface area contributed by atoms with Gasteiger partial charge in [-0.1, -0.05) is 12.1 Å². The van der Waals surface area contributed by atoms with Crippen LogP contribution in [0.1, 0.15) is 55.6 Å². The van der Waals surface area contributed by atoms with E-state index in [2.05, 4.69) is 5.32 Å². The van der Waals surface area contributed by atoms with Crippen molar-refractivity contribution in [3.8, 4) is 11.5 Å². The van der Waals surface area contributed by atoms with Gasteiger partial charge in [-0.05, 0) is 68.0 Å². The van der Waals surface area contributed by atoms with E-state index in [1.807, 2.05) is 6.92 Å². The van der Waals surface area contributed by atoms with Gasteiger partial charge in [0.2, 0.25) is 0 Å². The molecule has 2 aliphatic heterocycles. The van der Waals surface area contributed by atoms with E-state index >= 15 is 0 Å². The lowest BCUT2D eigenvalue weighted by Crippen LogP contribution is -2.36. The van der Waals surface area contributed by atoms with Crippen molar-refractivity contribution in [2.75, 3.05) is 27.4 Å². The summed E-state index contributed by atoms with van der Waals surface area (Å²) in [6.45, 7) is 2.64. The summed E-state index contributed by atoms with van der Waals surface area (Å²) in [5, 5.41) is 3.34. The largest absolute Gasteiger partial charge is 0.497 e. The van der Waals surface area contributed by atoms with Crippen LogP contribution in [0.2, 0.25) is 0 Å². The van der Waals surface area contributed by atoms with Crippen molar-refractivity contribution < 1.29 is 32.9 Å². The maximum Gasteiger partial charge on any atom is 0.336 e. The Kier molecular flexibility index (Phi) is 7.51. The Morgan fingerprint density at radius 1 is 1.11 bits per heavy atom. The molecule has 0 saturated carbocycles. The van der Waals surface area contributed by atoms with Crippen LogP contribution in [0.3, 0.4) is 0 Å². The second-order valence-electron chi connectivity index (χ2n) is 9.91. The number of hydrogen-bond acceptors (Lipinski definition) is 7. The Morgan fingerprint density at radius 2 is 1.89 bits per heavy atom. The molecule has 38 heavy (non-hydrogen) atoms. The first-order valence-corrected chi connectivity index (χ1v) is 12.9. The number of carbonyl (C=O) groups is 2. The maximum absolute atomic E-state index is 13.8. The Balaban J connectivity index is 1.56. The molecule has 200 valence electrons. The fraction of sp³-hybridized carbons (Fsp3) is 0.400. The molecule has 1 N–H and O–H groups in total. The van der Waals surface area contributed by atoms with E-state index < -0.39 is 11.9 Å². The number of Topliss-reactive ketones (excluding diaryl/α,β-unsaturated/α-hetero) is 1. The van der Waals surface area contributed by atoms with Crippen LogP contribution in [0.25, 0.3) is 0 Å². The fourth-order valence-corrected chi connectivity index (χ4v) is 5.68. The average molecular weight is 522 g/mol. The quantitative estimate of drug-likeness (QED) is 0.518. The van der Waals surface area contributed by atoms with Crippen LogP contribution in [-0.4, -0.2) is 45.3 Å². The zero-order chi connectivity index (χ0) is 26.8. The van der Waals surface area contributed by atoms with E-state index in [1.165, 1.54) is 12.1 Å². The summed E-state index contributed by atoms with van der Waals surface area (Å²) in [6.07, 6.45) is 2.45. The molecule has 0 bridgehead atoms. The van der Waals surface area contributed by atoms with E-state index in [-0.39, 0.29) is 36.7 Å². The predicted octanol–water partition coefficient (Wildman–Crippen LogP) is 4.93. The molecule has 5 rings (SSSR count). The normalized spacial score (nSPS) is 23.2. The summed E-state index contributed by atoms with van der Waals surface area (Å²) in [5.41, 5.74) is 3.79. The van der Waals surface area contributed by atoms with Gasteiger partial charge in [-0.25, -0.2) is 9.18 Å². The third-order valence-electron chi connectivity index (χ3n) is 7.56. The summed E-state index contributed by atoms with van der Waals surface area (Å²) in [4.78, 5) is 27.4. The van der Waals surface area contributed by atoms with E-state index in [1.54, 1.807) is 44.6 Å². The van der Waals surface area contributed by atoms with Gasteiger partial charge in [0, 0.05) is 35.6 Å². The molecule has 1 aliphatic carbocycles. The van der Waals surface area contributed by atoms with E-state index in [4.69, 9.17) is 18.9 Å². The molecule has 0 spiro atoms. The summed E-state index contributed by atoms with van der Waals surface area (Å²) in [7, 11) is 3.12. The lowest BCUT2D eigenvalue weighted by atomic mass is 9.71. The predicted molar refractivity (Wildman–Crippen MR) is 138 cm³/mol. The van der Waals surface area contributed by atoms with Crippen LogP contribution in [-0.2, 0) is 19.1 Å². The van der Waals surface area contributed by atoms with Crippen molar-refractivity contribution in [3.63, 3.8) is 0 Å². The zero-order valence-electron chi connectivity index (χ0n) is 21.8. The van der Waals surface area contributed by atoms with Gasteiger partial charge in [0.1, 0.15) is 23.9 Å². The highest BCUT2D eigenvalue weighted by atomic mass is 19.1. The van der Waals surface area contributed by atoms with E-state index in [0.29, 0.717) is 46.9 Å². The molecule has 0 radical (unpaired) electrons. The molecule has 3 atom stereocenters. The number of ketones is 1. The Labute approximate surface area is 221 Å². The van der Waals surface area contributed by atoms with Gasteiger partial charge >= 0.3 is 5.97 Å². The molecule has 0 unspecified atom stereocenters. The molecule has 7 nitrogen and oxygen atoms in total. The van der Waals surface area contributed by atoms with E-state index in [9.17, 15) is 14.0 Å². The standard InChI is InChI=1S/C30H32FNO6/c1-17-27(30(34)38-16-22-5-4-12-37-22)28(23-15-21(35-2)10-11-26(23)36-3)29-24(32-17)13-19(14-25(29)33)18-6-8-20(31)9-7-18/h6-11,15,19,22,28,32H,4-5,12-14,16H2,1-3H3/t19-,22-,28-/m0/s1. The third-order valence-corrected chi connectivity index (χ3v) is 7.56. The average Bonchev–Trinajstić information content (AvgIpc) is 3.44. The lowest BCUT2D eigenvalue weighted by molar-refractivity contribution is -0.142. The number of carbonyl (C=O) groups excluding carboxylic acids is 2. The minimum absolute atomic E-state index is 0.0834. The first kappa shape index (κ1) is 26.0. The van der Waals surface area contributed by atoms with Gasteiger partial charge in [-0.15, -0.1) is 0 Å². The van der Waals surface area contributed by atoms with Gasteiger partial charge < -0.3 is 24.3 Å². The van der Waals surface area contributed by atoms with E-state index in [0.717, 1.165) is 24.1 Å². The summed E-state index contributed by atoms with van der Waals surface area (Å²) in [5.74, 6) is -0.589. The number of methoxy groups -OCH3 is 2. The lowest BCUT2D eigenvalue weighted by Gasteiger charge is -2.37. The molecule has 0 amide bonds. The SMILES string of the molecule is COc1ccc(OC)c([C@H]2C(C(=O)OC[C@@H]3CCCO3)=C(C)NC3=C2C(=O)C[C@@H](c2ccc(F)cc2)C3)c1. The van der Waals surface area contributed by atoms with Gasteiger partial charge in [0.05, 0.1) is 31.8 Å². The fourth-order valence-electron chi connectivity index (χ4n) is 5.68. The minimum atomic E-state index is -0.699. The molecule has 2 aromatic rings. The molecular formula is C30H32FNO6. The van der Waals surface area contributed by atoms with Crippen LogP contribution in [0.15, 0.2) is 65.0 Å². The van der Waals surface area contributed by atoms with Crippen molar-refractivity contribution >= 4 is 11.8 Å². The highest BCUT2D eigenvalue weighted by Crippen LogP contribution is 2.48. The van der Waals surface area contributed by atoms with Crippen LogP contribution < -0.4 is 14.8 Å². The maximum atomic E-state index is 13.8. The summed E-state index contributed by atoms with van der Waals surface area (Å²) < 4.78 is 36.1. The molecular weight excluding hydrogens is 489 g/mol. The third kappa shape index (κ3) is 5.05. The molecule has 2 heterocycles. The number of benzene rings is 2. The molecule has 0 aromatic heterocycles. The van der Waals surface area contributed by atoms with Crippen LogP contribution in [0.4, 0.5) is 4.39 Å². The van der Waals surface area contributed by atoms with Gasteiger partial charge in [-0.2, -0.15) is 0 Å². The monoisotopic (exact) mass is 521 g/mol. The number of ether oxygens (including phenoxy) is 4. The van der Waals surface area contributed by atoms with Gasteiger partial charge in [0.15, 0.2) is 5.78 Å². The Hall–Kier alpha value is -3.65. The van der Waals surface area contributed by atoms with Crippen molar-refractivity contribution in [2.24, 2.45) is 0 Å². The van der Waals surface area contributed by atoms with Crippen molar-refractivity contribution in [3.05, 3.63) is 81.9 Å². The molecule has 8 heteroatoms. The Morgan fingerprint density at radius 3 is 2.58 bits per heavy atom. The highest BCUT2D eigenvalue weighted by molar-refractivity contribution is 6.04. The number of halogens is 1. The van der Waals surface area contributed by atoms with Gasteiger partial charge in [0.25, 0.3) is 0 Å². The van der Waals surface area contributed by atoms with Crippen molar-refractivity contribution in [2.45, 2.75) is 50.5 Å². The number of dihydropyridines is 1. The molecule has 1 saturated heterocycles. The van der Waals surface area contributed by atoms with Crippen molar-refractivity contribution in [1.29, 1.82) is 0 Å². The number of allylic oxidation sites excluding steroid dienone is 3. The second-order valence-corrected chi connectivity index (χ2v) is 9.91. The first-order chi connectivity index (χ1) is 18.4. The smallest absolute Gasteiger partial charge is 0.336 e. The minimum Gasteiger partial charge on any atom is -0.497 e. The number of esters is 1. The van der Waals surface area contributed by atoms with Gasteiger partial charge in [-0.3, -0.25) is 4.79 Å². The van der Waals surface area contributed by atoms with Crippen LogP contribution in [0, 0.1) is 5.82 Å². The second kappa shape index (κ2) is 11.0. The molecule has 1 fully saturated rings. The summed E-state index contributed by atoms with van der Waals surface area (Å²) in [6, 6.07) is 11.6. The van der Waals surface area contributed by atoms with Crippen LogP contribution in [0.5, 0.6) is 11.5 Å². The highest BCUT2D eigenvalue weighted by Gasteiger charge is 2.42. The Bertz CT molecular complexity index is 1290. The first-order valence-electron chi connectivity index (χ1n) is 12.9.